The van der Waals surface area contributed by atoms with Crippen molar-refractivity contribution >= 4 is 23.2 Å². The van der Waals surface area contributed by atoms with E-state index in [-0.39, 0.29) is 11.8 Å². The van der Waals surface area contributed by atoms with Crippen molar-refractivity contribution in [3.8, 4) is 5.69 Å². The molecule has 0 aliphatic heterocycles. The SMILES string of the molecule is O=C(Nc1cc(Cl)ccc1-n1cncn1)C1CCCc2ccccc21. The van der Waals surface area contributed by atoms with Gasteiger partial charge in [0.25, 0.3) is 0 Å². The molecule has 1 aliphatic rings. The first-order valence-electron chi connectivity index (χ1n) is 8.25. The molecule has 1 atom stereocenters. The van der Waals surface area contributed by atoms with Gasteiger partial charge in [0.1, 0.15) is 12.7 Å². The lowest BCUT2D eigenvalue weighted by Crippen LogP contribution is -2.25. The van der Waals surface area contributed by atoms with Crippen molar-refractivity contribution in [2.45, 2.75) is 25.2 Å². The van der Waals surface area contributed by atoms with E-state index in [9.17, 15) is 4.79 Å². The zero-order chi connectivity index (χ0) is 17.2. The largest absolute Gasteiger partial charge is 0.324 e. The van der Waals surface area contributed by atoms with Gasteiger partial charge in [0, 0.05) is 5.02 Å². The minimum absolute atomic E-state index is 0.0178. The van der Waals surface area contributed by atoms with E-state index in [1.807, 2.05) is 18.2 Å². The fourth-order valence-electron chi connectivity index (χ4n) is 3.39. The van der Waals surface area contributed by atoms with Crippen LogP contribution in [0, 0.1) is 0 Å². The van der Waals surface area contributed by atoms with E-state index >= 15 is 0 Å². The van der Waals surface area contributed by atoms with E-state index in [0.717, 1.165) is 30.5 Å². The number of halogens is 1. The van der Waals surface area contributed by atoms with Gasteiger partial charge in [0.15, 0.2) is 0 Å². The minimum atomic E-state index is -0.146. The summed E-state index contributed by atoms with van der Waals surface area (Å²) >= 11 is 6.13. The molecule has 1 unspecified atom stereocenters. The zero-order valence-corrected chi connectivity index (χ0v) is 14.3. The number of nitrogens with one attached hydrogen (secondary N) is 1. The summed E-state index contributed by atoms with van der Waals surface area (Å²) in [6.07, 6.45) is 5.94. The van der Waals surface area contributed by atoms with Crippen molar-refractivity contribution in [1.82, 2.24) is 14.8 Å². The molecule has 126 valence electrons. The molecule has 2 aromatic carbocycles. The summed E-state index contributed by atoms with van der Waals surface area (Å²) < 4.78 is 1.61. The Hall–Kier alpha value is -2.66. The highest BCUT2D eigenvalue weighted by molar-refractivity contribution is 6.31. The van der Waals surface area contributed by atoms with Crippen LogP contribution in [0.3, 0.4) is 0 Å². The number of aromatic nitrogens is 3. The summed E-state index contributed by atoms with van der Waals surface area (Å²) in [6, 6.07) is 13.5. The lowest BCUT2D eigenvalue weighted by Gasteiger charge is -2.25. The van der Waals surface area contributed by atoms with Crippen LogP contribution < -0.4 is 5.32 Å². The van der Waals surface area contributed by atoms with Crippen LogP contribution in [0.2, 0.25) is 5.02 Å². The Bertz CT molecular complexity index is 908. The quantitative estimate of drug-likeness (QED) is 0.775. The molecule has 3 aromatic rings. The Morgan fingerprint density at radius 1 is 1.24 bits per heavy atom. The maximum absolute atomic E-state index is 13.0. The first-order chi connectivity index (χ1) is 12.2. The summed E-state index contributed by atoms with van der Waals surface area (Å²) in [7, 11) is 0. The van der Waals surface area contributed by atoms with E-state index in [1.54, 1.807) is 23.1 Å². The van der Waals surface area contributed by atoms with Crippen LogP contribution >= 0.6 is 11.6 Å². The maximum Gasteiger partial charge on any atom is 0.231 e. The number of amides is 1. The highest BCUT2D eigenvalue weighted by Gasteiger charge is 2.26. The van der Waals surface area contributed by atoms with Crippen molar-refractivity contribution in [2.24, 2.45) is 0 Å². The molecule has 6 heteroatoms. The van der Waals surface area contributed by atoms with Gasteiger partial charge in [-0.3, -0.25) is 4.79 Å². The number of carbonyl (C=O) groups excluding carboxylic acids is 1. The number of benzene rings is 2. The number of rotatable bonds is 3. The third kappa shape index (κ3) is 3.15. The molecule has 5 nitrogen and oxygen atoms in total. The number of hydrogen-bond acceptors (Lipinski definition) is 3. The molecule has 4 rings (SSSR count). The first-order valence-corrected chi connectivity index (χ1v) is 8.63. The van der Waals surface area contributed by atoms with Crippen LogP contribution in [0.4, 0.5) is 5.69 Å². The highest BCUT2D eigenvalue weighted by Crippen LogP contribution is 2.33. The summed E-state index contributed by atoms with van der Waals surface area (Å²) in [5, 5.41) is 7.74. The molecule has 1 aliphatic carbocycles. The van der Waals surface area contributed by atoms with Crippen molar-refractivity contribution < 1.29 is 4.79 Å². The van der Waals surface area contributed by atoms with Gasteiger partial charge in [-0.25, -0.2) is 9.67 Å². The summed E-state index contributed by atoms with van der Waals surface area (Å²) in [6.45, 7) is 0. The number of anilines is 1. The fourth-order valence-corrected chi connectivity index (χ4v) is 3.56. The molecular weight excluding hydrogens is 336 g/mol. The number of fused-ring (bicyclic) bond motifs is 1. The molecule has 25 heavy (non-hydrogen) atoms. The van der Waals surface area contributed by atoms with Crippen LogP contribution in [-0.2, 0) is 11.2 Å². The third-order valence-electron chi connectivity index (χ3n) is 4.57. The van der Waals surface area contributed by atoms with Gasteiger partial charge in [-0.15, -0.1) is 0 Å². The third-order valence-corrected chi connectivity index (χ3v) is 4.80. The number of carbonyl (C=O) groups is 1. The van der Waals surface area contributed by atoms with E-state index in [1.165, 1.54) is 11.9 Å². The summed E-state index contributed by atoms with van der Waals surface area (Å²) in [5.41, 5.74) is 3.75. The molecule has 0 saturated carbocycles. The van der Waals surface area contributed by atoms with Crippen molar-refractivity contribution in [2.75, 3.05) is 5.32 Å². The standard InChI is InChI=1S/C19H17ClN4O/c20-14-8-9-18(24-12-21-11-22-24)17(10-14)23-19(25)16-7-3-5-13-4-1-2-6-15(13)16/h1-2,4,6,8-12,16H,3,5,7H2,(H,23,25). The normalized spacial score (nSPS) is 16.3. The number of nitrogens with zero attached hydrogens (tertiary/aromatic N) is 3. The predicted molar refractivity (Wildman–Crippen MR) is 97.1 cm³/mol. The zero-order valence-electron chi connectivity index (χ0n) is 13.5. The van der Waals surface area contributed by atoms with Crippen LogP contribution in [-0.4, -0.2) is 20.7 Å². The average Bonchev–Trinajstić information content (AvgIpc) is 3.15. The monoisotopic (exact) mass is 352 g/mol. The van der Waals surface area contributed by atoms with Crippen molar-refractivity contribution in [3.63, 3.8) is 0 Å². The Balaban J connectivity index is 1.65. The van der Waals surface area contributed by atoms with E-state index in [2.05, 4.69) is 27.5 Å². The molecule has 0 spiro atoms. The van der Waals surface area contributed by atoms with Crippen molar-refractivity contribution in [3.05, 3.63) is 71.3 Å². The molecule has 1 amide bonds. The van der Waals surface area contributed by atoms with Gasteiger partial charge in [-0.05, 0) is 48.6 Å². The maximum atomic E-state index is 13.0. The van der Waals surface area contributed by atoms with Crippen LogP contribution in [0.5, 0.6) is 0 Å². The van der Waals surface area contributed by atoms with E-state index in [4.69, 9.17) is 11.6 Å². The average molecular weight is 353 g/mol. The molecule has 1 aromatic heterocycles. The van der Waals surface area contributed by atoms with E-state index in [0.29, 0.717) is 10.7 Å². The molecule has 0 saturated heterocycles. The van der Waals surface area contributed by atoms with E-state index < -0.39 is 0 Å². The van der Waals surface area contributed by atoms with Gasteiger partial charge in [-0.2, -0.15) is 5.10 Å². The summed E-state index contributed by atoms with van der Waals surface area (Å²) in [4.78, 5) is 16.9. The number of hydrogen-bond donors (Lipinski definition) is 1. The minimum Gasteiger partial charge on any atom is -0.324 e. The molecule has 0 fully saturated rings. The first kappa shape index (κ1) is 15.8. The smallest absolute Gasteiger partial charge is 0.231 e. The Morgan fingerprint density at radius 3 is 2.96 bits per heavy atom. The Labute approximate surface area is 150 Å². The molecule has 0 bridgehead atoms. The summed E-state index contributed by atoms with van der Waals surface area (Å²) in [5.74, 6) is -0.164. The second-order valence-electron chi connectivity index (χ2n) is 6.13. The van der Waals surface area contributed by atoms with Crippen LogP contribution in [0.15, 0.2) is 55.1 Å². The lowest BCUT2D eigenvalue weighted by atomic mass is 9.82. The highest BCUT2D eigenvalue weighted by atomic mass is 35.5. The molecular formula is C19H17ClN4O. The molecule has 1 N–H and O–H groups in total. The Kier molecular flexibility index (Phi) is 4.24. The lowest BCUT2D eigenvalue weighted by molar-refractivity contribution is -0.117. The van der Waals surface area contributed by atoms with Crippen LogP contribution in [0.1, 0.15) is 29.9 Å². The Morgan fingerprint density at radius 2 is 2.12 bits per heavy atom. The second kappa shape index (κ2) is 6.69. The van der Waals surface area contributed by atoms with Gasteiger partial charge >= 0.3 is 0 Å². The fraction of sp³-hybridized carbons (Fsp3) is 0.211. The van der Waals surface area contributed by atoms with Crippen LogP contribution in [0.25, 0.3) is 5.69 Å². The van der Waals surface area contributed by atoms with Gasteiger partial charge in [0.05, 0.1) is 17.3 Å². The van der Waals surface area contributed by atoms with Gasteiger partial charge in [-0.1, -0.05) is 35.9 Å². The molecule has 1 heterocycles. The topological polar surface area (TPSA) is 59.8 Å². The van der Waals surface area contributed by atoms with Crippen molar-refractivity contribution in [1.29, 1.82) is 0 Å². The predicted octanol–water partition coefficient (Wildman–Crippen LogP) is 3.98. The second-order valence-corrected chi connectivity index (χ2v) is 6.57. The van der Waals surface area contributed by atoms with Gasteiger partial charge < -0.3 is 5.32 Å². The van der Waals surface area contributed by atoms with Gasteiger partial charge in [0.2, 0.25) is 5.91 Å². The number of aryl methyl sites for hydroxylation is 1. The molecule has 0 radical (unpaired) electrons.